The van der Waals surface area contributed by atoms with E-state index >= 15 is 0 Å². The Labute approximate surface area is 182 Å². The number of methoxy groups -OCH3 is 3. The van der Waals surface area contributed by atoms with Gasteiger partial charge in [0.1, 0.15) is 11.8 Å². The zero-order valence-electron chi connectivity index (χ0n) is 18.4. The van der Waals surface area contributed by atoms with Gasteiger partial charge in [-0.3, -0.25) is 4.79 Å². The Morgan fingerprint density at radius 3 is 2.35 bits per heavy atom. The summed E-state index contributed by atoms with van der Waals surface area (Å²) >= 11 is 0. The Hall–Kier alpha value is -3.26. The van der Waals surface area contributed by atoms with Crippen LogP contribution in [-0.2, 0) is 27.2 Å². The molecule has 0 saturated carbocycles. The highest BCUT2D eigenvalue weighted by molar-refractivity contribution is 5.88. The first-order valence-electron chi connectivity index (χ1n) is 9.95. The molecule has 2 atom stereocenters. The normalized spacial score (nSPS) is 18.7. The first-order valence-corrected chi connectivity index (χ1v) is 9.95. The van der Waals surface area contributed by atoms with Crippen molar-refractivity contribution in [3.63, 3.8) is 0 Å². The third-order valence-corrected chi connectivity index (χ3v) is 5.46. The first kappa shape index (κ1) is 22.4. The summed E-state index contributed by atoms with van der Waals surface area (Å²) in [5.41, 5.74) is 1.69. The molecule has 0 aliphatic carbocycles. The maximum absolute atomic E-state index is 13.3. The lowest BCUT2D eigenvalue weighted by Crippen LogP contribution is -2.52. The third kappa shape index (κ3) is 4.74. The second-order valence-corrected chi connectivity index (χ2v) is 7.31. The molecule has 1 amide bonds. The highest BCUT2D eigenvalue weighted by Gasteiger charge is 2.32. The van der Waals surface area contributed by atoms with Gasteiger partial charge in [0.25, 0.3) is 0 Å². The topological polar surface area (TPSA) is 86.3 Å². The van der Waals surface area contributed by atoms with Gasteiger partial charge in [0.05, 0.1) is 27.4 Å². The molecular formula is C23H28N2O6. The van der Waals surface area contributed by atoms with Crippen LogP contribution < -0.4 is 19.5 Å². The standard InChI is InChI=1S/C23H28N2O6/c1-24-17-10-15-12-19(28-3)21(29-4)20(13-15)31-16-8-6-14(7-9-16)11-18(23(27)30-5)25(2)22(17)26/h6-9,12-13,17-18,24H,10-11H2,1-5H3/t17-,18+/m1/s1. The van der Waals surface area contributed by atoms with Crippen LogP contribution in [0.25, 0.3) is 0 Å². The lowest BCUT2D eigenvalue weighted by atomic mass is 10.0. The number of hydrogen-bond donors (Lipinski definition) is 1. The van der Waals surface area contributed by atoms with Gasteiger partial charge in [-0.25, -0.2) is 4.79 Å². The molecule has 0 aromatic heterocycles. The number of likely N-dealkylation sites (N-methyl/N-ethyl adjacent to an activating group) is 2. The number of ether oxygens (including phenoxy) is 4. The summed E-state index contributed by atoms with van der Waals surface area (Å²) in [6.07, 6.45) is 0.690. The van der Waals surface area contributed by atoms with Gasteiger partial charge in [-0.2, -0.15) is 0 Å². The fraction of sp³-hybridized carbons (Fsp3) is 0.391. The van der Waals surface area contributed by atoms with Crippen LogP contribution in [0, 0.1) is 0 Å². The first-order chi connectivity index (χ1) is 14.9. The Morgan fingerprint density at radius 1 is 1.06 bits per heavy atom. The van der Waals surface area contributed by atoms with Gasteiger partial charge in [-0.05, 0) is 48.9 Å². The summed E-state index contributed by atoms with van der Waals surface area (Å²) < 4.78 is 22.0. The Balaban J connectivity index is 2.13. The van der Waals surface area contributed by atoms with Gasteiger partial charge in [-0.15, -0.1) is 0 Å². The number of carbonyl (C=O) groups is 2. The number of carbonyl (C=O) groups excluding carboxylic acids is 2. The molecule has 1 N–H and O–H groups in total. The maximum Gasteiger partial charge on any atom is 0.328 e. The zero-order chi connectivity index (χ0) is 22.5. The number of nitrogens with one attached hydrogen (secondary N) is 1. The molecule has 2 heterocycles. The molecule has 0 radical (unpaired) electrons. The zero-order valence-corrected chi connectivity index (χ0v) is 18.4. The molecule has 4 rings (SSSR count). The Bertz CT molecular complexity index is 944. The van der Waals surface area contributed by atoms with E-state index in [-0.39, 0.29) is 5.91 Å². The summed E-state index contributed by atoms with van der Waals surface area (Å²) in [7, 11) is 7.76. The molecule has 166 valence electrons. The van der Waals surface area contributed by atoms with Crippen LogP contribution in [0.1, 0.15) is 11.1 Å². The van der Waals surface area contributed by atoms with Crippen molar-refractivity contribution in [2.75, 3.05) is 35.4 Å². The van der Waals surface area contributed by atoms with E-state index in [0.717, 1.165) is 11.1 Å². The molecular weight excluding hydrogens is 400 g/mol. The van der Waals surface area contributed by atoms with Gasteiger partial charge in [0.2, 0.25) is 11.7 Å². The van der Waals surface area contributed by atoms with Crippen molar-refractivity contribution in [1.82, 2.24) is 10.2 Å². The van der Waals surface area contributed by atoms with Gasteiger partial charge >= 0.3 is 5.97 Å². The molecule has 0 spiro atoms. The Kier molecular flexibility index (Phi) is 7.02. The fourth-order valence-corrected chi connectivity index (χ4v) is 3.68. The summed E-state index contributed by atoms with van der Waals surface area (Å²) in [6.45, 7) is 0. The van der Waals surface area contributed by atoms with E-state index < -0.39 is 18.1 Å². The molecule has 0 fully saturated rings. The molecule has 0 unspecified atom stereocenters. The molecule has 8 nitrogen and oxygen atoms in total. The predicted octanol–water partition coefficient (Wildman–Crippen LogP) is 2.18. The van der Waals surface area contributed by atoms with Crippen molar-refractivity contribution in [1.29, 1.82) is 0 Å². The molecule has 8 heteroatoms. The lowest BCUT2D eigenvalue weighted by molar-refractivity contribution is -0.152. The van der Waals surface area contributed by atoms with Crippen LogP contribution in [0.3, 0.4) is 0 Å². The summed E-state index contributed by atoms with van der Waals surface area (Å²) in [5.74, 6) is 1.39. The summed E-state index contributed by atoms with van der Waals surface area (Å²) in [4.78, 5) is 27.2. The van der Waals surface area contributed by atoms with Crippen LogP contribution in [0.5, 0.6) is 23.0 Å². The van der Waals surface area contributed by atoms with Crippen LogP contribution in [0.2, 0.25) is 0 Å². The molecule has 0 saturated heterocycles. The van der Waals surface area contributed by atoms with Crippen molar-refractivity contribution < 1.29 is 28.5 Å². The minimum absolute atomic E-state index is 0.219. The van der Waals surface area contributed by atoms with Gasteiger partial charge in [-0.1, -0.05) is 12.1 Å². The number of benzene rings is 2. The van der Waals surface area contributed by atoms with E-state index in [4.69, 9.17) is 18.9 Å². The fourth-order valence-electron chi connectivity index (χ4n) is 3.68. The molecule has 31 heavy (non-hydrogen) atoms. The smallest absolute Gasteiger partial charge is 0.328 e. The highest BCUT2D eigenvalue weighted by atomic mass is 16.5. The molecule has 2 aliphatic heterocycles. The average Bonchev–Trinajstić information content (AvgIpc) is 2.79. The third-order valence-electron chi connectivity index (χ3n) is 5.46. The van der Waals surface area contributed by atoms with Crippen molar-refractivity contribution >= 4 is 11.9 Å². The number of esters is 1. The predicted molar refractivity (Wildman–Crippen MR) is 115 cm³/mol. The van der Waals surface area contributed by atoms with E-state index in [0.29, 0.717) is 35.8 Å². The number of nitrogens with zero attached hydrogens (tertiary/aromatic N) is 1. The second-order valence-electron chi connectivity index (χ2n) is 7.31. The summed E-state index contributed by atoms with van der Waals surface area (Å²) in [6, 6.07) is 9.68. The number of amides is 1. The number of rotatable bonds is 4. The van der Waals surface area contributed by atoms with E-state index in [1.165, 1.54) is 12.0 Å². The van der Waals surface area contributed by atoms with E-state index in [9.17, 15) is 9.59 Å². The maximum atomic E-state index is 13.3. The summed E-state index contributed by atoms with van der Waals surface area (Å²) in [5, 5.41) is 3.05. The second kappa shape index (κ2) is 9.70. The highest BCUT2D eigenvalue weighted by Crippen LogP contribution is 2.41. The molecule has 2 aromatic carbocycles. The number of hydrogen-bond acceptors (Lipinski definition) is 7. The monoisotopic (exact) mass is 428 g/mol. The van der Waals surface area contributed by atoms with Crippen molar-refractivity contribution in [3.8, 4) is 23.0 Å². The van der Waals surface area contributed by atoms with Gasteiger partial charge in [0, 0.05) is 13.5 Å². The van der Waals surface area contributed by atoms with Crippen LogP contribution in [0.15, 0.2) is 36.4 Å². The van der Waals surface area contributed by atoms with Crippen molar-refractivity contribution in [2.24, 2.45) is 0 Å². The lowest BCUT2D eigenvalue weighted by Gasteiger charge is -2.30. The molecule has 2 aromatic rings. The quantitative estimate of drug-likeness (QED) is 0.747. The van der Waals surface area contributed by atoms with Gasteiger partial charge < -0.3 is 29.2 Å². The Morgan fingerprint density at radius 2 is 1.77 bits per heavy atom. The minimum Gasteiger partial charge on any atom is -0.493 e. The molecule has 4 bridgehead atoms. The number of fused-ring (bicyclic) bond motifs is 7. The van der Waals surface area contributed by atoms with Crippen LogP contribution in [-0.4, -0.2) is 64.3 Å². The van der Waals surface area contributed by atoms with Gasteiger partial charge in [0.15, 0.2) is 11.5 Å². The van der Waals surface area contributed by atoms with Crippen molar-refractivity contribution in [2.45, 2.75) is 24.9 Å². The van der Waals surface area contributed by atoms with Crippen molar-refractivity contribution in [3.05, 3.63) is 47.5 Å². The average molecular weight is 428 g/mol. The van der Waals surface area contributed by atoms with E-state index in [2.05, 4.69) is 5.32 Å². The SMILES string of the molecule is CN[C@@H]1Cc2cc(OC)c(OC)c(c2)Oc2ccc(cc2)C[C@@H](C(=O)OC)N(C)C1=O. The largest absolute Gasteiger partial charge is 0.493 e. The van der Waals surface area contributed by atoms with Crippen LogP contribution in [0.4, 0.5) is 0 Å². The molecule has 2 aliphatic rings. The van der Waals surface area contributed by atoms with Crippen LogP contribution >= 0.6 is 0 Å². The van der Waals surface area contributed by atoms with E-state index in [1.807, 2.05) is 36.4 Å². The van der Waals surface area contributed by atoms with E-state index in [1.54, 1.807) is 28.3 Å². The minimum atomic E-state index is -0.746.